The lowest BCUT2D eigenvalue weighted by Gasteiger charge is -2.37. The number of benzene rings is 1. The average Bonchev–Trinajstić information content (AvgIpc) is 3.35. The van der Waals surface area contributed by atoms with Crippen LogP contribution in [0.25, 0.3) is 0 Å². The van der Waals surface area contributed by atoms with E-state index in [2.05, 4.69) is 35.5 Å². The Morgan fingerprint density at radius 1 is 1.19 bits per heavy atom. The number of halogens is 1. The summed E-state index contributed by atoms with van der Waals surface area (Å²) in [5, 5.41) is 4.75. The van der Waals surface area contributed by atoms with Crippen LogP contribution in [0.2, 0.25) is 5.02 Å². The van der Waals surface area contributed by atoms with Gasteiger partial charge in [-0.1, -0.05) is 43.0 Å². The lowest BCUT2D eigenvalue weighted by atomic mass is 9.87. The minimum absolute atomic E-state index is 0.470. The predicted molar refractivity (Wildman–Crippen MR) is 94.3 cm³/mol. The van der Waals surface area contributed by atoms with Crippen LogP contribution in [0.5, 0.6) is 0 Å². The van der Waals surface area contributed by atoms with Crippen molar-refractivity contribution in [2.45, 2.75) is 55.7 Å². The molecular weight excluding hydrogens is 298 g/mol. The average molecular weight is 324 g/mol. The minimum Gasteiger partial charge on any atom is -0.308 e. The van der Waals surface area contributed by atoms with E-state index in [-0.39, 0.29) is 0 Å². The van der Waals surface area contributed by atoms with Crippen molar-refractivity contribution in [3.05, 3.63) is 34.9 Å². The first-order valence-electron chi connectivity index (χ1n) is 8.26. The SMILES string of the molecule is CSC1(CNC(c2ccc(Cl)cc2)C2CC2)CCCCC1. The van der Waals surface area contributed by atoms with Gasteiger partial charge in [0.05, 0.1) is 0 Å². The molecule has 2 fully saturated rings. The summed E-state index contributed by atoms with van der Waals surface area (Å²) in [6.45, 7) is 1.15. The van der Waals surface area contributed by atoms with E-state index in [1.165, 1.54) is 50.5 Å². The van der Waals surface area contributed by atoms with Gasteiger partial charge in [0.15, 0.2) is 0 Å². The smallest absolute Gasteiger partial charge is 0.0406 e. The molecule has 0 saturated heterocycles. The number of hydrogen-bond acceptors (Lipinski definition) is 2. The van der Waals surface area contributed by atoms with Crippen LogP contribution in [-0.2, 0) is 0 Å². The van der Waals surface area contributed by atoms with Gasteiger partial charge < -0.3 is 5.32 Å². The highest BCUT2D eigenvalue weighted by atomic mass is 35.5. The van der Waals surface area contributed by atoms with Gasteiger partial charge in [0.1, 0.15) is 0 Å². The van der Waals surface area contributed by atoms with Gasteiger partial charge in [-0.2, -0.15) is 11.8 Å². The first-order chi connectivity index (χ1) is 10.2. The number of rotatable bonds is 6. The summed E-state index contributed by atoms with van der Waals surface area (Å²) in [6.07, 6.45) is 12.0. The summed E-state index contributed by atoms with van der Waals surface area (Å²) in [4.78, 5) is 0. The molecular formula is C18H26ClNS. The van der Waals surface area contributed by atoms with Gasteiger partial charge in [-0.05, 0) is 55.6 Å². The van der Waals surface area contributed by atoms with Gasteiger partial charge in [-0.25, -0.2) is 0 Å². The molecule has 0 bridgehead atoms. The molecule has 1 aromatic rings. The number of nitrogens with one attached hydrogen (secondary N) is 1. The maximum absolute atomic E-state index is 6.03. The van der Waals surface area contributed by atoms with Crippen LogP contribution in [0.1, 0.15) is 56.6 Å². The molecule has 0 aromatic heterocycles. The number of thioether (sulfide) groups is 1. The summed E-state index contributed by atoms with van der Waals surface area (Å²) < 4.78 is 0.470. The molecule has 0 radical (unpaired) electrons. The molecule has 3 heteroatoms. The van der Waals surface area contributed by atoms with E-state index in [4.69, 9.17) is 11.6 Å². The molecule has 3 rings (SSSR count). The Labute approximate surface area is 138 Å². The molecule has 21 heavy (non-hydrogen) atoms. The van der Waals surface area contributed by atoms with Gasteiger partial charge in [0, 0.05) is 22.4 Å². The minimum atomic E-state index is 0.470. The normalized spacial score (nSPS) is 23.0. The first kappa shape index (κ1) is 15.7. The largest absolute Gasteiger partial charge is 0.308 e. The zero-order valence-electron chi connectivity index (χ0n) is 12.9. The van der Waals surface area contributed by atoms with Gasteiger partial charge in [0.25, 0.3) is 0 Å². The summed E-state index contributed by atoms with van der Waals surface area (Å²) in [7, 11) is 0. The molecule has 0 spiro atoms. The highest BCUT2D eigenvalue weighted by Crippen LogP contribution is 2.43. The van der Waals surface area contributed by atoms with Crippen LogP contribution in [-0.4, -0.2) is 17.5 Å². The van der Waals surface area contributed by atoms with E-state index in [9.17, 15) is 0 Å². The maximum Gasteiger partial charge on any atom is 0.0406 e. The molecule has 0 aliphatic heterocycles. The predicted octanol–water partition coefficient (Wildman–Crippen LogP) is 5.45. The topological polar surface area (TPSA) is 12.0 Å². The van der Waals surface area contributed by atoms with Crippen molar-refractivity contribution in [3.63, 3.8) is 0 Å². The molecule has 1 atom stereocenters. The lowest BCUT2D eigenvalue weighted by Crippen LogP contribution is -2.41. The van der Waals surface area contributed by atoms with Crippen molar-refractivity contribution in [1.29, 1.82) is 0 Å². The summed E-state index contributed by atoms with van der Waals surface area (Å²) in [5.41, 5.74) is 1.41. The van der Waals surface area contributed by atoms with Crippen molar-refractivity contribution < 1.29 is 0 Å². The van der Waals surface area contributed by atoms with Crippen molar-refractivity contribution in [2.75, 3.05) is 12.8 Å². The third kappa shape index (κ3) is 3.97. The highest BCUT2D eigenvalue weighted by Gasteiger charge is 2.36. The summed E-state index contributed by atoms with van der Waals surface area (Å²) in [6, 6.07) is 8.97. The zero-order valence-corrected chi connectivity index (χ0v) is 14.5. The van der Waals surface area contributed by atoms with Gasteiger partial charge >= 0.3 is 0 Å². The van der Waals surface area contributed by atoms with Crippen LogP contribution >= 0.6 is 23.4 Å². The van der Waals surface area contributed by atoms with Crippen molar-refractivity contribution in [1.82, 2.24) is 5.32 Å². The fraction of sp³-hybridized carbons (Fsp3) is 0.667. The second-order valence-corrected chi connectivity index (χ2v) is 8.41. The summed E-state index contributed by atoms with van der Waals surface area (Å²) >= 11 is 8.11. The van der Waals surface area contributed by atoms with E-state index in [0.717, 1.165) is 17.5 Å². The second-order valence-electron chi connectivity index (χ2n) is 6.70. The molecule has 1 nitrogen and oxygen atoms in total. The van der Waals surface area contributed by atoms with E-state index in [1.54, 1.807) is 0 Å². The van der Waals surface area contributed by atoms with Crippen LogP contribution in [0.4, 0.5) is 0 Å². The van der Waals surface area contributed by atoms with Crippen LogP contribution in [0, 0.1) is 5.92 Å². The van der Waals surface area contributed by atoms with E-state index < -0.39 is 0 Å². The van der Waals surface area contributed by atoms with Gasteiger partial charge in [0.2, 0.25) is 0 Å². The molecule has 1 aromatic carbocycles. The van der Waals surface area contributed by atoms with Crippen LogP contribution in [0.3, 0.4) is 0 Å². The second kappa shape index (κ2) is 6.93. The van der Waals surface area contributed by atoms with Crippen molar-refractivity contribution >= 4 is 23.4 Å². The monoisotopic (exact) mass is 323 g/mol. The van der Waals surface area contributed by atoms with Crippen LogP contribution in [0.15, 0.2) is 24.3 Å². The molecule has 0 amide bonds. The van der Waals surface area contributed by atoms with Gasteiger partial charge in [-0.3, -0.25) is 0 Å². The molecule has 2 saturated carbocycles. The third-order valence-corrected chi connectivity index (χ3v) is 6.84. The molecule has 0 heterocycles. The van der Waals surface area contributed by atoms with Crippen molar-refractivity contribution in [2.24, 2.45) is 5.92 Å². The Balaban J connectivity index is 1.66. The zero-order chi connectivity index (χ0) is 14.7. The fourth-order valence-corrected chi connectivity index (χ4v) is 4.65. The maximum atomic E-state index is 6.03. The molecule has 116 valence electrons. The Morgan fingerprint density at radius 2 is 1.86 bits per heavy atom. The molecule has 1 N–H and O–H groups in total. The van der Waals surface area contributed by atoms with E-state index in [0.29, 0.717) is 10.8 Å². The molecule has 2 aliphatic carbocycles. The first-order valence-corrected chi connectivity index (χ1v) is 9.87. The fourth-order valence-electron chi connectivity index (χ4n) is 3.60. The summed E-state index contributed by atoms with van der Waals surface area (Å²) in [5.74, 6) is 0.827. The van der Waals surface area contributed by atoms with Gasteiger partial charge in [-0.15, -0.1) is 0 Å². The Morgan fingerprint density at radius 3 is 2.43 bits per heavy atom. The molecule has 1 unspecified atom stereocenters. The van der Waals surface area contributed by atoms with E-state index >= 15 is 0 Å². The third-order valence-electron chi connectivity index (χ3n) is 5.16. The Hall–Kier alpha value is -0.180. The van der Waals surface area contributed by atoms with Crippen LogP contribution < -0.4 is 5.32 Å². The lowest BCUT2D eigenvalue weighted by molar-refractivity contribution is 0.353. The van der Waals surface area contributed by atoms with E-state index in [1.807, 2.05) is 12.1 Å². The quantitative estimate of drug-likeness (QED) is 0.747. The Kier molecular flexibility index (Phi) is 5.19. The van der Waals surface area contributed by atoms with Crippen molar-refractivity contribution in [3.8, 4) is 0 Å². The standard InChI is InChI=1S/C18H26ClNS/c1-21-18(11-3-2-4-12-18)13-20-17(14-5-6-14)15-7-9-16(19)10-8-15/h7-10,14,17,20H,2-6,11-13H2,1H3. The number of hydrogen-bond donors (Lipinski definition) is 1. The highest BCUT2D eigenvalue weighted by molar-refractivity contribution is 8.00. The molecule has 2 aliphatic rings. The Bertz CT molecular complexity index is 449.